The van der Waals surface area contributed by atoms with Gasteiger partial charge in [0.2, 0.25) is 5.88 Å². The highest BCUT2D eigenvalue weighted by Crippen LogP contribution is 2.36. The molecule has 1 amide bonds. The summed E-state index contributed by atoms with van der Waals surface area (Å²) in [5, 5.41) is 4.08. The molecule has 2 aromatic carbocycles. The molecule has 5 nitrogen and oxygen atoms in total. The summed E-state index contributed by atoms with van der Waals surface area (Å²) in [6.07, 6.45) is -4.70. The molecular formula is C22H20F3N3O2. The minimum Gasteiger partial charge on any atom is -0.393 e. The van der Waals surface area contributed by atoms with Crippen LogP contribution in [0.5, 0.6) is 5.88 Å². The molecule has 0 spiro atoms. The Morgan fingerprint density at radius 2 is 1.90 bits per heavy atom. The molecule has 0 atom stereocenters. The van der Waals surface area contributed by atoms with Crippen LogP contribution in [0.2, 0.25) is 0 Å². The number of alkyl halides is 3. The molecule has 0 saturated heterocycles. The Bertz CT molecular complexity index is 1240. The van der Waals surface area contributed by atoms with E-state index in [9.17, 15) is 18.0 Å². The number of carbonyl (C=O) groups is 1. The first-order chi connectivity index (χ1) is 14.2. The van der Waals surface area contributed by atoms with E-state index < -0.39 is 17.8 Å². The number of benzene rings is 2. The van der Waals surface area contributed by atoms with E-state index in [-0.39, 0.29) is 12.1 Å². The van der Waals surface area contributed by atoms with Gasteiger partial charge in [-0.2, -0.15) is 13.2 Å². The lowest BCUT2D eigenvalue weighted by molar-refractivity contribution is -0.136. The lowest BCUT2D eigenvalue weighted by atomic mass is 10.1. The van der Waals surface area contributed by atoms with Gasteiger partial charge in [0.25, 0.3) is 0 Å². The number of aryl methyl sites for hydroxylation is 2. The SMILES string of the molecule is Cc1ccc2cc(OC(=O)NCCc3c(C)[nH]c4c(C(F)(F)F)cccc34)[nH]c2c1. The monoisotopic (exact) mass is 415 g/mol. The number of hydrogen-bond donors (Lipinski definition) is 3. The standard InChI is InChI=1S/C22H20F3N3O2/c1-12-6-7-14-11-19(28-18(14)10-12)30-21(29)26-9-8-15-13(2)27-20-16(15)4-3-5-17(20)22(23,24)25/h3-7,10-11,27-28H,8-9H2,1-2H3,(H,26,29). The Labute approximate surface area is 170 Å². The van der Waals surface area contributed by atoms with Crippen LogP contribution in [0.3, 0.4) is 0 Å². The third-order valence-electron chi connectivity index (χ3n) is 5.06. The van der Waals surface area contributed by atoms with Gasteiger partial charge >= 0.3 is 12.3 Å². The Hall–Kier alpha value is -3.42. The topological polar surface area (TPSA) is 69.9 Å². The number of H-pyrrole nitrogens is 2. The quantitative estimate of drug-likeness (QED) is 0.405. The van der Waals surface area contributed by atoms with Crippen molar-refractivity contribution in [3.8, 4) is 5.88 Å². The predicted molar refractivity (Wildman–Crippen MR) is 109 cm³/mol. The second-order valence-electron chi connectivity index (χ2n) is 7.25. The minimum absolute atomic E-state index is 0.0634. The van der Waals surface area contributed by atoms with Gasteiger partial charge in [0.15, 0.2) is 0 Å². The number of amides is 1. The molecule has 0 bridgehead atoms. The van der Waals surface area contributed by atoms with Crippen molar-refractivity contribution in [2.75, 3.05) is 6.54 Å². The zero-order chi connectivity index (χ0) is 21.5. The molecule has 0 aliphatic rings. The Morgan fingerprint density at radius 1 is 1.10 bits per heavy atom. The second kappa shape index (κ2) is 7.44. The van der Waals surface area contributed by atoms with Crippen molar-refractivity contribution in [1.29, 1.82) is 0 Å². The van der Waals surface area contributed by atoms with Gasteiger partial charge in [-0.25, -0.2) is 4.79 Å². The molecule has 30 heavy (non-hydrogen) atoms. The summed E-state index contributed by atoms with van der Waals surface area (Å²) >= 11 is 0. The van der Waals surface area contributed by atoms with Crippen LogP contribution in [-0.4, -0.2) is 22.6 Å². The van der Waals surface area contributed by atoms with Gasteiger partial charge in [-0.3, -0.25) is 0 Å². The molecule has 0 unspecified atom stereocenters. The van der Waals surface area contributed by atoms with Gasteiger partial charge in [-0.15, -0.1) is 0 Å². The lowest BCUT2D eigenvalue weighted by Crippen LogP contribution is -2.28. The number of para-hydroxylation sites is 1. The van der Waals surface area contributed by atoms with E-state index in [1.54, 1.807) is 19.1 Å². The summed E-state index contributed by atoms with van der Waals surface area (Å²) in [5.41, 5.74) is 2.69. The van der Waals surface area contributed by atoms with Crippen LogP contribution in [-0.2, 0) is 12.6 Å². The fourth-order valence-electron chi connectivity index (χ4n) is 3.66. The maximum atomic E-state index is 13.2. The van der Waals surface area contributed by atoms with E-state index in [1.165, 1.54) is 6.07 Å². The fraction of sp³-hybridized carbons (Fsp3) is 0.227. The highest BCUT2D eigenvalue weighted by molar-refractivity contribution is 5.88. The number of halogens is 3. The zero-order valence-electron chi connectivity index (χ0n) is 16.4. The largest absolute Gasteiger partial charge is 0.418 e. The Kier molecular flexibility index (Phi) is 4.93. The molecule has 0 aliphatic carbocycles. The molecular weight excluding hydrogens is 395 g/mol. The van der Waals surface area contributed by atoms with Crippen molar-refractivity contribution in [1.82, 2.24) is 15.3 Å². The van der Waals surface area contributed by atoms with Crippen LogP contribution in [0.4, 0.5) is 18.0 Å². The van der Waals surface area contributed by atoms with Crippen LogP contribution >= 0.6 is 0 Å². The molecule has 2 heterocycles. The van der Waals surface area contributed by atoms with E-state index >= 15 is 0 Å². The van der Waals surface area contributed by atoms with E-state index in [1.807, 2.05) is 25.1 Å². The van der Waals surface area contributed by atoms with Crippen molar-refractivity contribution in [2.24, 2.45) is 0 Å². The van der Waals surface area contributed by atoms with Gasteiger partial charge in [0.05, 0.1) is 11.1 Å². The number of ether oxygens (including phenoxy) is 1. The third-order valence-corrected chi connectivity index (χ3v) is 5.06. The summed E-state index contributed by atoms with van der Waals surface area (Å²) < 4.78 is 45.0. The third kappa shape index (κ3) is 3.85. The van der Waals surface area contributed by atoms with E-state index in [0.29, 0.717) is 23.4 Å². The number of carbonyl (C=O) groups excluding carboxylic acids is 1. The van der Waals surface area contributed by atoms with Crippen molar-refractivity contribution >= 4 is 27.9 Å². The van der Waals surface area contributed by atoms with Gasteiger partial charge < -0.3 is 20.0 Å². The summed E-state index contributed by atoms with van der Waals surface area (Å²) in [6, 6.07) is 11.7. The molecule has 0 aliphatic heterocycles. The molecule has 0 saturated carbocycles. The number of hydrogen-bond acceptors (Lipinski definition) is 2. The number of aromatic nitrogens is 2. The second-order valence-corrected chi connectivity index (χ2v) is 7.25. The average molecular weight is 415 g/mol. The van der Waals surface area contributed by atoms with Crippen LogP contribution in [0.1, 0.15) is 22.4 Å². The lowest BCUT2D eigenvalue weighted by Gasteiger charge is -2.08. The highest BCUT2D eigenvalue weighted by Gasteiger charge is 2.33. The molecule has 4 rings (SSSR count). The molecule has 156 valence electrons. The summed E-state index contributed by atoms with van der Waals surface area (Å²) in [4.78, 5) is 18.0. The first-order valence-corrected chi connectivity index (χ1v) is 9.45. The van der Waals surface area contributed by atoms with Crippen LogP contribution in [0.15, 0.2) is 42.5 Å². The molecule has 8 heteroatoms. The van der Waals surface area contributed by atoms with Gasteiger partial charge in [-0.05, 0) is 43.5 Å². The van der Waals surface area contributed by atoms with Crippen molar-refractivity contribution in [3.05, 3.63) is 64.8 Å². The molecule has 0 radical (unpaired) electrons. The maximum absolute atomic E-state index is 13.2. The number of fused-ring (bicyclic) bond motifs is 2. The number of nitrogens with one attached hydrogen (secondary N) is 3. The molecule has 0 fully saturated rings. The maximum Gasteiger partial charge on any atom is 0.418 e. The van der Waals surface area contributed by atoms with E-state index in [2.05, 4.69) is 15.3 Å². The molecule has 3 N–H and O–H groups in total. The number of rotatable bonds is 4. The van der Waals surface area contributed by atoms with Crippen LogP contribution in [0.25, 0.3) is 21.8 Å². The van der Waals surface area contributed by atoms with Crippen molar-refractivity contribution < 1.29 is 22.7 Å². The first-order valence-electron chi connectivity index (χ1n) is 9.45. The first kappa shape index (κ1) is 19.9. The van der Waals surface area contributed by atoms with E-state index in [0.717, 1.165) is 28.1 Å². The van der Waals surface area contributed by atoms with E-state index in [4.69, 9.17) is 4.74 Å². The zero-order valence-corrected chi connectivity index (χ0v) is 16.4. The van der Waals surface area contributed by atoms with Gasteiger partial charge in [-0.1, -0.05) is 24.3 Å². The summed E-state index contributed by atoms with van der Waals surface area (Å²) in [5.74, 6) is 0.325. The van der Waals surface area contributed by atoms with Gasteiger partial charge in [0, 0.05) is 34.6 Å². The Balaban J connectivity index is 1.43. The molecule has 2 aromatic heterocycles. The smallest absolute Gasteiger partial charge is 0.393 e. The van der Waals surface area contributed by atoms with Crippen molar-refractivity contribution in [2.45, 2.75) is 26.4 Å². The molecule has 4 aromatic rings. The van der Waals surface area contributed by atoms with Gasteiger partial charge in [0.1, 0.15) is 0 Å². The number of aromatic amines is 2. The van der Waals surface area contributed by atoms with Crippen LogP contribution in [0, 0.1) is 13.8 Å². The minimum atomic E-state index is -4.44. The predicted octanol–water partition coefficient (Wildman–Crippen LogP) is 5.62. The fourth-order valence-corrected chi connectivity index (χ4v) is 3.66. The average Bonchev–Trinajstić information content (AvgIpc) is 3.20. The normalized spacial score (nSPS) is 11.9. The summed E-state index contributed by atoms with van der Waals surface area (Å²) in [6.45, 7) is 3.92. The Morgan fingerprint density at radius 3 is 2.67 bits per heavy atom. The highest BCUT2D eigenvalue weighted by atomic mass is 19.4. The summed E-state index contributed by atoms with van der Waals surface area (Å²) in [7, 11) is 0. The van der Waals surface area contributed by atoms with Crippen molar-refractivity contribution in [3.63, 3.8) is 0 Å². The van der Waals surface area contributed by atoms with Crippen LogP contribution < -0.4 is 10.1 Å².